The Balaban J connectivity index is 2.02. The molecule has 2 N–H and O–H groups in total. The summed E-state index contributed by atoms with van der Waals surface area (Å²) in [6, 6.07) is 5.38. The third kappa shape index (κ3) is 4.34. The predicted molar refractivity (Wildman–Crippen MR) is 82.3 cm³/mol. The normalized spacial score (nSPS) is 15.2. The lowest BCUT2D eigenvalue weighted by Gasteiger charge is -2.26. The first-order valence-electron chi connectivity index (χ1n) is 7.14. The van der Waals surface area contributed by atoms with Gasteiger partial charge in [0.25, 0.3) is 0 Å². The highest BCUT2D eigenvalue weighted by molar-refractivity contribution is 5.90. The zero-order chi connectivity index (χ0) is 15.2. The summed E-state index contributed by atoms with van der Waals surface area (Å²) in [7, 11) is 0. The number of benzene rings is 1. The van der Waals surface area contributed by atoms with Gasteiger partial charge in [-0.1, -0.05) is 6.07 Å². The molecule has 2 amide bonds. The Morgan fingerprint density at radius 2 is 1.95 bits per heavy atom. The first-order valence-corrected chi connectivity index (χ1v) is 7.14. The highest BCUT2D eigenvalue weighted by Gasteiger charge is 2.16. The molecule has 0 aromatic heterocycles. The smallest absolute Gasteiger partial charge is 0.328 e. The Morgan fingerprint density at radius 1 is 1.24 bits per heavy atom. The summed E-state index contributed by atoms with van der Waals surface area (Å²) < 4.78 is 0. The molecule has 5 nitrogen and oxygen atoms in total. The monoisotopic (exact) mass is 288 g/mol. The Kier molecular flexibility index (Phi) is 4.98. The van der Waals surface area contributed by atoms with E-state index < -0.39 is 5.97 Å². The molecule has 112 valence electrons. The quantitative estimate of drug-likeness (QED) is 0.840. The zero-order valence-corrected chi connectivity index (χ0v) is 12.1. The number of nitrogens with one attached hydrogen (secondary N) is 1. The number of hydrogen-bond acceptors (Lipinski definition) is 2. The van der Waals surface area contributed by atoms with Crippen LogP contribution in [0.2, 0.25) is 0 Å². The molecule has 2 rings (SSSR count). The fourth-order valence-electron chi connectivity index (χ4n) is 2.40. The van der Waals surface area contributed by atoms with Crippen LogP contribution in [-0.4, -0.2) is 35.1 Å². The number of piperidine rings is 1. The fourth-order valence-corrected chi connectivity index (χ4v) is 2.40. The number of rotatable bonds is 3. The molecule has 1 aromatic rings. The van der Waals surface area contributed by atoms with E-state index in [9.17, 15) is 9.59 Å². The lowest BCUT2D eigenvalue weighted by Crippen LogP contribution is -2.38. The van der Waals surface area contributed by atoms with Gasteiger partial charge >= 0.3 is 12.0 Å². The van der Waals surface area contributed by atoms with Gasteiger partial charge in [-0.3, -0.25) is 0 Å². The summed E-state index contributed by atoms with van der Waals surface area (Å²) in [6.07, 6.45) is 5.96. The van der Waals surface area contributed by atoms with Crippen LogP contribution >= 0.6 is 0 Å². The van der Waals surface area contributed by atoms with Gasteiger partial charge in [0, 0.05) is 24.9 Å². The Hall–Kier alpha value is -2.30. The highest BCUT2D eigenvalue weighted by atomic mass is 16.4. The van der Waals surface area contributed by atoms with Gasteiger partial charge in [0.05, 0.1) is 0 Å². The molecule has 0 spiro atoms. The van der Waals surface area contributed by atoms with Crippen molar-refractivity contribution < 1.29 is 14.7 Å². The van der Waals surface area contributed by atoms with Crippen LogP contribution < -0.4 is 5.32 Å². The maximum atomic E-state index is 12.1. The summed E-state index contributed by atoms with van der Waals surface area (Å²) in [4.78, 5) is 24.5. The molecule has 1 heterocycles. The summed E-state index contributed by atoms with van der Waals surface area (Å²) in [5, 5.41) is 11.5. The van der Waals surface area contributed by atoms with Crippen LogP contribution in [0.1, 0.15) is 30.4 Å². The SMILES string of the molecule is Cc1cc(NC(=O)N2CCCCC2)ccc1C=CC(=O)O. The van der Waals surface area contributed by atoms with Crippen LogP contribution in [0.3, 0.4) is 0 Å². The van der Waals surface area contributed by atoms with E-state index >= 15 is 0 Å². The van der Waals surface area contributed by atoms with Gasteiger partial charge in [-0.15, -0.1) is 0 Å². The zero-order valence-electron chi connectivity index (χ0n) is 12.1. The number of amides is 2. The molecule has 0 radical (unpaired) electrons. The molecule has 5 heteroatoms. The minimum Gasteiger partial charge on any atom is -0.478 e. The molecule has 1 saturated heterocycles. The molecule has 0 bridgehead atoms. The molecule has 1 aliphatic rings. The molecule has 1 fully saturated rings. The van der Waals surface area contributed by atoms with E-state index in [1.165, 1.54) is 6.42 Å². The first kappa shape index (κ1) is 15.1. The Labute approximate surface area is 124 Å². The van der Waals surface area contributed by atoms with Gasteiger partial charge in [0.15, 0.2) is 0 Å². The summed E-state index contributed by atoms with van der Waals surface area (Å²) in [5.74, 6) is -0.975. The number of carboxylic acids is 1. The number of carboxylic acid groups (broad SMARTS) is 1. The number of likely N-dealkylation sites (tertiary alicyclic amines) is 1. The number of carbonyl (C=O) groups excluding carboxylic acids is 1. The molecule has 0 atom stereocenters. The van der Waals surface area contributed by atoms with Crippen molar-refractivity contribution in [2.45, 2.75) is 26.2 Å². The topological polar surface area (TPSA) is 69.6 Å². The molecule has 1 aliphatic heterocycles. The van der Waals surface area contributed by atoms with Crippen molar-refractivity contribution in [3.05, 3.63) is 35.4 Å². The molecule has 0 saturated carbocycles. The van der Waals surface area contributed by atoms with E-state index in [0.29, 0.717) is 0 Å². The summed E-state index contributed by atoms with van der Waals surface area (Å²) in [5.41, 5.74) is 2.48. The average molecular weight is 288 g/mol. The van der Waals surface area contributed by atoms with Gasteiger partial charge < -0.3 is 15.3 Å². The van der Waals surface area contributed by atoms with Crippen molar-refractivity contribution in [1.29, 1.82) is 0 Å². The molecule has 0 unspecified atom stereocenters. The lowest BCUT2D eigenvalue weighted by atomic mass is 10.1. The van der Waals surface area contributed by atoms with Gasteiger partial charge in [-0.2, -0.15) is 0 Å². The number of aliphatic carboxylic acids is 1. The number of urea groups is 1. The molecule has 0 aliphatic carbocycles. The summed E-state index contributed by atoms with van der Waals surface area (Å²) in [6.45, 7) is 3.51. The van der Waals surface area contributed by atoms with Crippen molar-refractivity contribution in [2.24, 2.45) is 0 Å². The van der Waals surface area contributed by atoms with Gasteiger partial charge in [0.2, 0.25) is 0 Å². The number of hydrogen-bond donors (Lipinski definition) is 2. The van der Waals surface area contributed by atoms with E-state index in [4.69, 9.17) is 5.11 Å². The van der Waals surface area contributed by atoms with Gasteiger partial charge in [-0.05, 0) is 55.5 Å². The van der Waals surface area contributed by atoms with Gasteiger partial charge in [-0.25, -0.2) is 9.59 Å². The van der Waals surface area contributed by atoms with Crippen LogP contribution in [0, 0.1) is 6.92 Å². The van der Waals surface area contributed by atoms with E-state index in [1.54, 1.807) is 18.2 Å². The standard InChI is InChI=1S/C16H20N2O3/c1-12-11-14(7-5-13(12)6-8-15(19)20)17-16(21)18-9-3-2-4-10-18/h5-8,11H,2-4,9-10H2,1H3,(H,17,21)(H,19,20). The molecule has 1 aromatic carbocycles. The summed E-state index contributed by atoms with van der Waals surface area (Å²) >= 11 is 0. The Bertz CT molecular complexity index is 561. The predicted octanol–water partition coefficient (Wildman–Crippen LogP) is 3.11. The average Bonchev–Trinajstić information content (AvgIpc) is 2.47. The van der Waals surface area contributed by atoms with Crippen molar-refractivity contribution >= 4 is 23.8 Å². The third-order valence-electron chi connectivity index (χ3n) is 3.57. The minimum absolute atomic E-state index is 0.0667. The minimum atomic E-state index is -0.975. The lowest BCUT2D eigenvalue weighted by molar-refractivity contribution is -0.131. The van der Waals surface area contributed by atoms with E-state index in [1.807, 2.05) is 17.9 Å². The Morgan fingerprint density at radius 3 is 2.57 bits per heavy atom. The first-order chi connectivity index (χ1) is 10.1. The van der Waals surface area contributed by atoms with Crippen LogP contribution in [0.4, 0.5) is 10.5 Å². The van der Waals surface area contributed by atoms with Crippen molar-refractivity contribution in [2.75, 3.05) is 18.4 Å². The van der Waals surface area contributed by atoms with Crippen LogP contribution in [-0.2, 0) is 4.79 Å². The number of carbonyl (C=O) groups is 2. The third-order valence-corrected chi connectivity index (χ3v) is 3.57. The number of aryl methyl sites for hydroxylation is 1. The van der Waals surface area contributed by atoms with Crippen LogP contribution in [0.25, 0.3) is 6.08 Å². The fraction of sp³-hybridized carbons (Fsp3) is 0.375. The van der Waals surface area contributed by atoms with Crippen LogP contribution in [0.15, 0.2) is 24.3 Å². The second-order valence-corrected chi connectivity index (χ2v) is 5.22. The maximum absolute atomic E-state index is 12.1. The van der Waals surface area contributed by atoms with E-state index in [0.717, 1.165) is 48.8 Å². The largest absolute Gasteiger partial charge is 0.478 e. The second kappa shape index (κ2) is 6.92. The molecule has 21 heavy (non-hydrogen) atoms. The van der Waals surface area contributed by atoms with Gasteiger partial charge in [0.1, 0.15) is 0 Å². The van der Waals surface area contributed by atoms with Crippen molar-refractivity contribution in [3.63, 3.8) is 0 Å². The maximum Gasteiger partial charge on any atom is 0.328 e. The highest BCUT2D eigenvalue weighted by Crippen LogP contribution is 2.18. The number of nitrogens with zero attached hydrogens (tertiary/aromatic N) is 1. The van der Waals surface area contributed by atoms with Crippen LogP contribution in [0.5, 0.6) is 0 Å². The molecular weight excluding hydrogens is 268 g/mol. The second-order valence-electron chi connectivity index (χ2n) is 5.22. The van der Waals surface area contributed by atoms with Crippen molar-refractivity contribution in [3.8, 4) is 0 Å². The number of anilines is 1. The molecular formula is C16H20N2O3. The van der Waals surface area contributed by atoms with Crippen molar-refractivity contribution in [1.82, 2.24) is 4.90 Å². The van der Waals surface area contributed by atoms with E-state index in [-0.39, 0.29) is 6.03 Å². The van der Waals surface area contributed by atoms with E-state index in [2.05, 4.69) is 5.32 Å².